The Hall–Kier alpha value is -4.13. The highest BCUT2D eigenvalue weighted by Gasteiger charge is 2.25. The van der Waals surface area contributed by atoms with Gasteiger partial charge in [-0.2, -0.15) is 10.2 Å². The van der Waals surface area contributed by atoms with E-state index in [2.05, 4.69) is 16.0 Å². The number of hydrogen-bond acceptors (Lipinski definition) is 8. The molecule has 0 atom stereocenters. The summed E-state index contributed by atoms with van der Waals surface area (Å²) in [6.07, 6.45) is 0.998. The Morgan fingerprint density at radius 3 is 2.47 bits per heavy atom. The number of aryl methyl sites for hydroxylation is 1. The molecular formula is C24H25FN6O3. The number of aromatic nitrogens is 2. The number of nitrogens with zero attached hydrogens (tertiary/aromatic N) is 5. The number of anilines is 2. The van der Waals surface area contributed by atoms with Crippen molar-refractivity contribution in [1.29, 1.82) is 5.26 Å². The zero-order chi connectivity index (χ0) is 24.2. The standard InChI is InChI=1S/C24H25FN6O3/c1-33-18-13-17-21(20(25)22(18)34-2)28-24(29-23(17)27)31-11-9-30(10-12-31)19(32)8-7-15-3-5-16(14-26)6-4-15/h3-6,13H,7-12H2,1-2H3,(H2,27,28,29). The van der Waals surface area contributed by atoms with Crippen molar-refractivity contribution >= 4 is 28.6 Å². The number of carbonyl (C=O) groups excluding carboxylic acids is 1. The Bertz CT molecular complexity index is 1250. The third-order valence-electron chi connectivity index (χ3n) is 5.92. The smallest absolute Gasteiger partial charge is 0.228 e. The topological polar surface area (TPSA) is 118 Å². The van der Waals surface area contributed by atoms with Gasteiger partial charge in [-0.3, -0.25) is 4.79 Å². The lowest BCUT2D eigenvalue weighted by atomic mass is 10.1. The van der Waals surface area contributed by atoms with Crippen molar-refractivity contribution in [3.8, 4) is 17.6 Å². The van der Waals surface area contributed by atoms with E-state index < -0.39 is 5.82 Å². The molecule has 0 bridgehead atoms. The van der Waals surface area contributed by atoms with Gasteiger partial charge in [-0.1, -0.05) is 12.1 Å². The molecule has 2 aromatic carbocycles. The number of nitrogens with two attached hydrogens (primary N) is 1. The highest BCUT2D eigenvalue weighted by molar-refractivity contribution is 5.92. The summed E-state index contributed by atoms with van der Waals surface area (Å²) in [7, 11) is 2.77. The van der Waals surface area contributed by atoms with Gasteiger partial charge in [0.05, 0.1) is 25.9 Å². The molecule has 1 aliphatic heterocycles. The van der Waals surface area contributed by atoms with Crippen LogP contribution in [0.15, 0.2) is 30.3 Å². The zero-order valence-corrected chi connectivity index (χ0v) is 19.0. The molecular weight excluding hydrogens is 439 g/mol. The molecule has 34 heavy (non-hydrogen) atoms. The number of methoxy groups -OCH3 is 2. The second kappa shape index (κ2) is 9.79. The summed E-state index contributed by atoms with van der Waals surface area (Å²) in [5.41, 5.74) is 7.78. The van der Waals surface area contributed by atoms with Crippen LogP contribution in [0.3, 0.4) is 0 Å². The second-order valence-electron chi connectivity index (χ2n) is 7.91. The molecule has 1 saturated heterocycles. The molecule has 0 aliphatic carbocycles. The van der Waals surface area contributed by atoms with Crippen LogP contribution in [-0.2, 0) is 11.2 Å². The fourth-order valence-corrected chi connectivity index (χ4v) is 3.99. The van der Waals surface area contributed by atoms with Crippen molar-refractivity contribution in [1.82, 2.24) is 14.9 Å². The average molecular weight is 465 g/mol. The van der Waals surface area contributed by atoms with Gasteiger partial charge >= 0.3 is 0 Å². The van der Waals surface area contributed by atoms with Crippen molar-refractivity contribution in [3.63, 3.8) is 0 Å². The van der Waals surface area contributed by atoms with Crippen molar-refractivity contribution in [2.45, 2.75) is 12.8 Å². The first-order valence-electron chi connectivity index (χ1n) is 10.8. The van der Waals surface area contributed by atoms with Gasteiger partial charge in [0.2, 0.25) is 11.9 Å². The highest BCUT2D eigenvalue weighted by atomic mass is 19.1. The number of fused-ring (bicyclic) bond motifs is 1. The molecule has 2 heterocycles. The van der Waals surface area contributed by atoms with Crippen LogP contribution >= 0.6 is 0 Å². The Balaban J connectivity index is 1.43. The lowest BCUT2D eigenvalue weighted by Gasteiger charge is -2.35. The minimum atomic E-state index is -0.663. The molecule has 9 nitrogen and oxygen atoms in total. The summed E-state index contributed by atoms with van der Waals surface area (Å²) in [6, 6.07) is 10.9. The number of benzene rings is 2. The van der Waals surface area contributed by atoms with Crippen LogP contribution in [0.4, 0.5) is 16.2 Å². The number of amides is 1. The molecule has 4 rings (SSSR count). The Labute approximate surface area is 196 Å². The van der Waals surface area contributed by atoms with Gasteiger partial charge in [0.15, 0.2) is 17.3 Å². The second-order valence-corrected chi connectivity index (χ2v) is 7.91. The molecule has 1 aromatic heterocycles. The lowest BCUT2D eigenvalue weighted by Crippen LogP contribution is -2.49. The first-order valence-corrected chi connectivity index (χ1v) is 10.8. The van der Waals surface area contributed by atoms with E-state index in [4.69, 9.17) is 20.5 Å². The van der Waals surface area contributed by atoms with Gasteiger partial charge in [0.25, 0.3) is 0 Å². The van der Waals surface area contributed by atoms with Crippen LogP contribution in [0.1, 0.15) is 17.5 Å². The third-order valence-corrected chi connectivity index (χ3v) is 5.92. The molecule has 2 N–H and O–H groups in total. The number of carbonyl (C=O) groups is 1. The molecule has 0 radical (unpaired) electrons. The molecule has 176 valence electrons. The molecule has 3 aromatic rings. The maximum absolute atomic E-state index is 15.0. The Morgan fingerprint density at radius 2 is 1.85 bits per heavy atom. The molecule has 1 aliphatic rings. The van der Waals surface area contributed by atoms with Gasteiger partial charge in [-0.25, -0.2) is 9.37 Å². The van der Waals surface area contributed by atoms with Gasteiger partial charge in [-0.15, -0.1) is 0 Å². The predicted molar refractivity (Wildman–Crippen MR) is 125 cm³/mol. The lowest BCUT2D eigenvalue weighted by molar-refractivity contribution is -0.131. The van der Waals surface area contributed by atoms with E-state index in [1.165, 1.54) is 14.2 Å². The van der Waals surface area contributed by atoms with Gasteiger partial charge in [0, 0.05) is 38.0 Å². The maximum atomic E-state index is 15.0. The van der Waals surface area contributed by atoms with Crippen LogP contribution in [-0.4, -0.2) is 61.2 Å². The van der Waals surface area contributed by atoms with E-state index in [1.54, 1.807) is 23.1 Å². The van der Waals surface area contributed by atoms with Crippen LogP contribution in [0.2, 0.25) is 0 Å². The number of halogens is 1. The minimum Gasteiger partial charge on any atom is -0.493 e. The zero-order valence-electron chi connectivity index (χ0n) is 19.0. The molecule has 1 amide bonds. The molecule has 0 spiro atoms. The number of ether oxygens (including phenoxy) is 2. The largest absolute Gasteiger partial charge is 0.493 e. The maximum Gasteiger partial charge on any atom is 0.228 e. The van der Waals surface area contributed by atoms with Crippen LogP contribution < -0.4 is 20.1 Å². The van der Waals surface area contributed by atoms with Gasteiger partial charge < -0.3 is 25.0 Å². The van der Waals surface area contributed by atoms with Gasteiger partial charge in [-0.05, 0) is 30.2 Å². The number of nitriles is 1. The van der Waals surface area contributed by atoms with Crippen molar-refractivity contribution < 1.29 is 18.7 Å². The fraction of sp³-hybridized carbons (Fsp3) is 0.333. The van der Waals surface area contributed by atoms with E-state index in [9.17, 15) is 4.79 Å². The first-order chi connectivity index (χ1) is 16.4. The normalized spacial score (nSPS) is 13.6. The monoisotopic (exact) mass is 464 g/mol. The molecule has 10 heteroatoms. The summed E-state index contributed by atoms with van der Waals surface area (Å²) in [5.74, 6) is 0.0108. The van der Waals surface area contributed by atoms with E-state index in [0.29, 0.717) is 55.9 Å². The van der Waals surface area contributed by atoms with E-state index in [0.717, 1.165) is 5.56 Å². The Morgan fingerprint density at radius 1 is 1.15 bits per heavy atom. The summed E-state index contributed by atoms with van der Waals surface area (Å²) in [4.78, 5) is 25.1. The summed E-state index contributed by atoms with van der Waals surface area (Å²) >= 11 is 0. The fourth-order valence-electron chi connectivity index (χ4n) is 3.99. The minimum absolute atomic E-state index is 0.0447. The van der Waals surface area contributed by atoms with E-state index in [1.807, 2.05) is 17.0 Å². The van der Waals surface area contributed by atoms with Crippen LogP contribution in [0.5, 0.6) is 11.5 Å². The van der Waals surface area contributed by atoms with Crippen molar-refractivity contribution in [3.05, 3.63) is 47.3 Å². The third kappa shape index (κ3) is 4.50. The summed E-state index contributed by atoms with van der Waals surface area (Å²) in [5, 5.41) is 9.23. The SMILES string of the molecule is COc1cc2c(N)nc(N3CCN(C(=O)CCc4ccc(C#N)cc4)CC3)nc2c(F)c1OC. The van der Waals surface area contributed by atoms with Crippen LogP contribution in [0.25, 0.3) is 10.9 Å². The molecule has 0 unspecified atom stereocenters. The van der Waals surface area contributed by atoms with Gasteiger partial charge in [0.1, 0.15) is 11.3 Å². The Kier molecular flexibility index (Phi) is 6.63. The quantitative estimate of drug-likeness (QED) is 0.591. The first kappa shape index (κ1) is 23.0. The number of nitrogen functional groups attached to an aromatic ring is 1. The highest BCUT2D eigenvalue weighted by Crippen LogP contribution is 2.37. The summed E-state index contributed by atoms with van der Waals surface area (Å²) < 4.78 is 25.4. The van der Waals surface area contributed by atoms with E-state index >= 15 is 4.39 Å². The molecule has 0 saturated carbocycles. The number of piperazine rings is 1. The van der Waals surface area contributed by atoms with Crippen LogP contribution in [0, 0.1) is 17.1 Å². The van der Waals surface area contributed by atoms with Crippen molar-refractivity contribution in [2.24, 2.45) is 0 Å². The van der Waals surface area contributed by atoms with E-state index in [-0.39, 0.29) is 28.7 Å². The predicted octanol–water partition coefficient (Wildman–Crippen LogP) is 2.52. The molecule has 1 fully saturated rings. The summed E-state index contributed by atoms with van der Waals surface area (Å²) in [6.45, 7) is 2.01. The number of rotatable bonds is 6. The number of hydrogen-bond donors (Lipinski definition) is 1. The van der Waals surface area contributed by atoms with Crippen molar-refractivity contribution in [2.75, 3.05) is 51.0 Å². The average Bonchev–Trinajstić information content (AvgIpc) is 2.87.